The zero-order valence-electron chi connectivity index (χ0n) is 12.9. The van der Waals surface area contributed by atoms with E-state index in [4.69, 9.17) is 4.74 Å². The molecule has 1 aromatic rings. The maximum atomic E-state index is 12.2. The van der Waals surface area contributed by atoms with Gasteiger partial charge >= 0.3 is 0 Å². The minimum Gasteiger partial charge on any atom is -0.376 e. The molecule has 2 heterocycles. The van der Waals surface area contributed by atoms with Gasteiger partial charge in [-0.1, -0.05) is 12.1 Å². The molecule has 2 aliphatic heterocycles. The summed E-state index contributed by atoms with van der Waals surface area (Å²) >= 11 is 0. The average molecular weight is 302 g/mol. The van der Waals surface area contributed by atoms with Crippen molar-refractivity contribution in [2.45, 2.75) is 32.3 Å². The van der Waals surface area contributed by atoms with E-state index >= 15 is 0 Å². The Hall–Kier alpha value is -1.88. The van der Waals surface area contributed by atoms with Crippen LogP contribution in [0, 0.1) is 12.8 Å². The van der Waals surface area contributed by atoms with E-state index in [9.17, 15) is 9.59 Å². The molecule has 2 fully saturated rings. The summed E-state index contributed by atoms with van der Waals surface area (Å²) in [5, 5.41) is 2.93. The van der Waals surface area contributed by atoms with Crippen LogP contribution in [0.3, 0.4) is 0 Å². The largest absolute Gasteiger partial charge is 0.376 e. The lowest BCUT2D eigenvalue weighted by atomic mass is 10.1. The summed E-state index contributed by atoms with van der Waals surface area (Å²) in [6.07, 6.45) is 2.47. The Morgan fingerprint density at radius 1 is 1.45 bits per heavy atom. The molecule has 0 spiro atoms. The lowest BCUT2D eigenvalue weighted by molar-refractivity contribution is -0.126. The van der Waals surface area contributed by atoms with E-state index in [1.807, 2.05) is 31.2 Å². The first-order valence-corrected chi connectivity index (χ1v) is 7.90. The number of nitrogens with zero attached hydrogens (tertiary/aromatic N) is 1. The Balaban J connectivity index is 1.57. The summed E-state index contributed by atoms with van der Waals surface area (Å²) in [5.41, 5.74) is 1.98. The van der Waals surface area contributed by atoms with Crippen molar-refractivity contribution in [3.05, 3.63) is 29.8 Å². The van der Waals surface area contributed by atoms with E-state index in [0.29, 0.717) is 13.1 Å². The number of benzene rings is 1. The molecular formula is C17H22N2O3. The Bertz CT molecular complexity index is 567. The number of hydrogen-bond acceptors (Lipinski definition) is 3. The van der Waals surface area contributed by atoms with Gasteiger partial charge in [0.1, 0.15) is 0 Å². The molecule has 5 heteroatoms. The maximum Gasteiger partial charge on any atom is 0.227 e. The lowest BCUT2D eigenvalue weighted by Gasteiger charge is -2.17. The second-order valence-electron chi connectivity index (χ2n) is 6.12. The van der Waals surface area contributed by atoms with Crippen molar-refractivity contribution in [2.24, 2.45) is 5.92 Å². The molecule has 1 aromatic carbocycles. The first kappa shape index (κ1) is 15.0. The van der Waals surface area contributed by atoms with Crippen LogP contribution in [0.5, 0.6) is 0 Å². The molecule has 0 aromatic heterocycles. The van der Waals surface area contributed by atoms with Gasteiger partial charge < -0.3 is 15.0 Å². The number of carbonyl (C=O) groups is 2. The van der Waals surface area contributed by atoms with Crippen LogP contribution in [-0.4, -0.2) is 37.6 Å². The lowest BCUT2D eigenvalue weighted by Crippen LogP contribution is -2.37. The fourth-order valence-electron chi connectivity index (χ4n) is 3.09. The Morgan fingerprint density at radius 2 is 2.32 bits per heavy atom. The number of rotatable bonds is 4. The van der Waals surface area contributed by atoms with Crippen LogP contribution in [0.1, 0.15) is 24.8 Å². The maximum absolute atomic E-state index is 12.2. The molecule has 0 aliphatic carbocycles. The molecule has 2 saturated heterocycles. The topological polar surface area (TPSA) is 58.6 Å². The predicted molar refractivity (Wildman–Crippen MR) is 83.6 cm³/mol. The molecule has 0 radical (unpaired) electrons. The van der Waals surface area contributed by atoms with Gasteiger partial charge in [0, 0.05) is 31.8 Å². The Labute approximate surface area is 130 Å². The van der Waals surface area contributed by atoms with Gasteiger partial charge in [-0.05, 0) is 37.5 Å². The fourth-order valence-corrected chi connectivity index (χ4v) is 3.09. The Kier molecular flexibility index (Phi) is 4.43. The normalized spacial score (nSPS) is 24.8. The van der Waals surface area contributed by atoms with Gasteiger partial charge in [0.2, 0.25) is 11.8 Å². The van der Waals surface area contributed by atoms with Gasteiger partial charge in [0.25, 0.3) is 0 Å². The second kappa shape index (κ2) is 6.48. The van der Waals surface area contributed by atoms with Crippen LogP contribution < -0.4 is 10.2 Å². The molecule has 3 rings (SSSR count). The van der Waals surface area contributed by atoms with Crippen molar-refractivity contribution in [2.75, 3.05) is 24.6 Å². The number of hydrogen-bond donors (Lipinski definition) is 1. The van der Waals surface area contributed by atoms with E-state index in [2.05, 4.69) is 5.32 Å². The van der Waals surface area contributed by atoms with Gasteiger partial charge in [-0.2, -0.15) is 0 Å². The van der Waals surface area contributed by atoms with Crippen molar-refractivity contribution in [3.63, 3.8) is 0 Å². The van der Waals surface area contributed by atoms with Gasteiger partial charge in [0.15, 0.2) is 0 Å². The highest BCUT2D eigenvalue weighted by Crippen LogP contribution is 2.25. The van der Waals surface area contributed by atoms with Gasteiger partial charge in [-0.3, -0.25) is 9.59 Å². The quantitative estimate of drug-likeness (QED) is 0.920. The number of carbonyl (C=O) groups excluding carboxylic acids is 2. The number of ether oxygens (including phenoxy) is 1. The van der Waals surface area contributed by atoms with Crippen LogP contribution in [-0.2, 0) is 14.3 Å². The molecule has 5 nitrogen and oxygen atoms in total. The van der Waals surface area contributed by atoms with E-state index in [0.717, 1.165) is 30.7 Å². The van der Waals surface area contributed by atoms with E-state index < -0.39 is 0 Å². The number of aryl methyl sites for hydroxylation is 1. The molecule has 2 amide bonds. The average Bonchev–Trinajstić information content (AvgIpc) is 3.14. The van der Waals surface area contributed by atoms with Crippen LogP contribution in [0.4, 0.5) is 5.69 Å². The van der Waals surface area contributed by atoms with Crippen molar-refractivity contribution in [1.82, 2.24) is 5.32 Å². The third kappa shape index (κ3) is 3.30. The summed E-state index contributed by atoms with van der Waals surface area (Å²) in [7, 11) is 0. The highest BCUT2D eigenvalue weighted by Gasteiger charge is 2.35. The van der Waals surface area contributed by atoms with Crippen LogP contribution in [0.25, 0.3) is 0 Å². The zero-order valence-corrected chi connectivity index (χ0v) is 12.9. The molecular weight excluding hydrogens is 280 g/mol. The van der Waals surface area contributed by atoms with Gasteiger partial charge in [-0.25, -0.2) is 0 Å². The SMILES string of the molecule is Cc1cccc(N2C[C@@H](C(=O)NC[C@H]3CCCO3)CC2=O)c1. The van der Waals surface area contributed by atoms with Crippen molar-refractivity contribution < 1.29 is 14.3 Å². The number of nitrogens with one attached hydrogen (secondary N) is 1. The molecule has 1 N–H and O–H groups in total. The highest BCUT2D eigenvalue weighted by molar-refractivity contribution is 6.00. The standard InChI is InChI=1S/C17H22N2O3/c1-12-4-2-5-14(8-12)19-11-13(9-16(19)20)17(21)18-10-15-6-3-7-22-15/h2,4-5,8,13,15H,3,6-7,9-11H2,1H3,(H,18,21)/t13-,15+/m0/s1. The van der Waals surface area contributed by atoms with E-state index in [-0.39, 0.29) is 30.3 Å². The molecule has 0 unspecified atom stereocenters. The second-order valence-corrected chi connectivity index (χ2v) is 6.12. The third-order valence-corrected chi connectivity index (χ3v) is 4.34. The Morgan fingerprint density at radius 3 is 3.05 bits per heavy atom. The summed E-state index contributed by atoms with van der Waals surface area (Å²) in [6.45, 7) is 3.78. The minimum atomic E-state index is -0.269. The van der Waals surface area contributed by atoms with Crippen molar-refractivity contribution >= 4 is 17.5 Å². The summed E-state index contributed by atoms with van der Waals surface area (Å²) in [4.78, 5) is 26.1. The van der Waals surface area contributed by atoms with E-state index in [1.165, 1.54) is 0 Å². The minimum absolute atomic E-state index is 0.0165. The van der Waals surface area contributed by atoms with Gasteiger partial charge in [-0.15, -0.1) is 0 Å². The third-order valence-electron chi connectivity index (χ3n) is 4.34. The molecule has 118 valence electrons. The zero-order chi connectivity index (χ0) is 15.5. The monoisotopic (exact) mass is 302 g/mol. The van der Waals surface area contributed by atoms with Crippen LogP contribution >= 0.6 is 0 Å². The van der Waals surface area contributed by atoms with Crippen LogP contribution in [0.2, 0.25) is 0 Å². The first-order chi connectivity index (χ1) is 10.6. The summed E-state index contributed by atoms with van der Waals surface area (Å²) in [5.74, 6) is -0.295. The molecule has 0 saturated carbocycles. The van der Waals surface area contributed by atoms with Crippen molar-refractivity contribution in [1.29, 1.82) is 0 Å². The summed E-state index contributed by atoms with van der Waals surface area (Å²) in [6, 6.07) is 7.82. The van der Waals surface area contributed by atoms with Crippen molar-refractivity contribution in [3.8, 4) is 0 Å². The molecule has 2 aliphatic rings. The molecule has 2 atom stereocenters. The fraction of sp³-hybridized carbons (Fsp3) is 0.529. The van der Waals surface area contributed by atoms with E-state index in [1.54, 1.807) is 4.90 Å². The highest BCUT2D eigenvalue weighted by atomic mass is 16.5. The first-order valence-electron chi connectivity index (χ1n) is 7.90. The summed E-state index contributed by atoms with van der Waals surface area (Å²) < 4.78 is 5.50. The smallest absolute Gasteiger partial charge is 0.227 e. The molecule has 0 bridgehead atoms. The number of anilines is 1. The number of amides is 2. The van der Waals surface area contributed by atoms with Gasteiger partial charge in [0.05, 0.1) is 12.0 Å². The molecule has 22 heavy (non-hydrogen) atoms. The van der Waals surface area contributed by atoms with Crippen LogP contribution in [0.15, 0.2) is 24.3 Å². The predicted octanol–water partition coefficient (Wildman–Crippen LogP) is 1.64.